The van der Waals surface area contributed by atoms with Crippen molar-refractivity contribution < 1.29 is 60.6 Å². The Bertz CT molecular complexity index is 1210. The summed E-state index contributed by atoms with van der Waals surface area (Å²) >= 11 is 0. The van der Waals surface area contributed by atoms with Crippen LogP contribution in [-0.4, -0.2) is 58.2 Å². The number of nitrogens with zero attached hydrogens (tertiary/aromatic N) is 1. The number of H-pyrrole nitrogens is 1. The molecule has 6 N–H and O–H groups in total. The molecule has 0 amide bonds. The van der Waals surface area contributed by atoms with Gasteiger partial charge in [0.05, 0.1) is 6.10 Å². The number of nitrogens with one attached hydrogen (secondary N) is 1. The average molecular weight is 538 g/mol. The van der Waals surface area contributed by atoms with Crippen molar-refractivity contribution in [1.29, 1.82) is 0 Å². The molecule has 20 heteroatoms. The second-order valence-electron chi connectivity index (χ2n) is 6.46. The predicted octanol–water partition coefficient (Wildman–Crippen LogP) is -0.742. The van der Waals surface area contributed by atoms with Crippen molar-refractivity contribution in [3.63, 3.8) is 0 Å². The van der Waals surface area contributed by atoms with E-state index in [-0.39, 0.29) is 0 Å². The Kier molecular flexibility index (Phi) is 8.10. The highest BCUT2D eigenvalue weighted by molar-refractivity contribution is 7.66. The third kappa shape index (κ3) is 6.77. The van der Waals surface area contributed by atoms with E-state index in [0.29, 0.717) is 4.57 Å². The van der Waals surface area contributed by atoms with Crippen LogP contribution in [0.3, 0.4) is 0 Å². The van der Waals surface area contributed by atoms with Gasteiger partial charge in [0.25, 0.3) is 5.56 Å². The minimum Gasteiger partial charge on any atom is -0.386 e. The Labute approximate surface area is 183 Å². The van der Waals surface area contributed by atoms with E-state index in [1.54, 1.807) is 0 Å². The van der Waals surface area contributed by atoms with Crippen LogP contribution in [0.2, 0.25) is 0 Å². The monoisotopic (exact) mass is 538 g/mol. The fourth-order valence-corrected chi connectivity index (χ4v) is 6.05. The normalized spacial score (nSPS) is 30.0. The molecule has 1 aliphatic rings. The number of aromatic amines is 1. The third-order valence-corrected chi connectivity index (χ3v) is 7.91. The highest BCUT2D eigenvalue weighted by Gasteiger charge is 2.60. The minimum absolute atomic E-state index is 0.548. The zero-order valence-corrected chi connectivity index (χ0v) is 19.2. The number of hydrogen-bond acceptors (Lipinski definition) is 10. The second-order valence-corrected chi connectivity index (χ2v) is 10.8. The van der Waals surface area contributed by atoms with Gasteiger partial charge in [-0.25, -0.2) is 22.9 Å². The number of aliphatic hydroxyl groups excluding tert-OH is 1. The van der Waals surface area contributed by atoms with Gasteiger partial charge < -0.3 is 29.4 Å². The smallest absolute Gasteiger partial charge is 0.386 e. The van der Waals surface area contributed by atoms with E-state index < -0.39 is 64.9 Å². The van der Waals surface area contributed by atoms with Crippen LogP contribution in [-0.2, 0) is 31.6 Å². The predicted molar refractivity (Wildman–Crippen MR) is 103 cm³/mol. The lowest BCUT2D eigenvalue weighted by molar-refractivity contribution is -0.0781. The van der Waals surface area contributed by atoms with Crippen LogP contribution >= 0.6 is 23.5 Å². The lowest BCUT2D eigenvalue weighted by atomic mass is 9.94. The van der Waals surface area contributed by atoms with Gasteiger partial charge in [-0.15, -0.1) is 5.92 Å². The van der Waals surface area contributed by atoms with Crippen LogP contribution < -0.4 is 11.2 Å². The highest BCUT2D eigenvalue weighted by Crippen LogP contribution is 2.66. The van der Waals surface area contributed by atoms with E-state index in [1.165, 1.54) is 6.92 Å². The van der Waals surface area contributed by atoms with Gasteiger partial charge >= 0.3 is 29.2 Å². The van der Waals surface area contributed by atoms with Crippen molar-refractivity contribution in [3.8, 4) is 11.8 Å². The Morgan fingerprint density at radius 3 is 2.33 bits per heavy atom. The van der Waals surface area contributed by atoms with E-state index in [9.17, 15) is 38.2 Å². The summed E-state index contributed by atoms with van der Waals surface area (Å²) in [5.74, 6) is 4.21. The molecule has 1 fully saturated rings. The number of alkyl halides is 1. The van der Waals surface area contributed by atoms with Gasteiger partial charge in [-0.1, -0.05) is 5.92 Å². The van der Waals surface area contributed by atoms with Gasteiger partial charge in [-0.3, -0.25) is 18.9 Å². The number of aromatic nitrogens is 2. The number of rotatable bonds is 8. The number of halogens is 1. The molecule has 1 aliphatic heterocycles. The fraction of sp³-hybridized carbons (Fsp3) is 0.538. The lowest BCUT2D eigenvalue weighted by Crippen LogP contribution is -2.46. The molecule has 0 spiro atoms. The first-order valence-corrected chi connectivity index (χ1v) is 13.0. The summed E-state index contributed by atoms with van der Waals surface area (Å²) in [5.41, 5.74) is -4.96. The second kappa shape index (κ2) is 9.63. The zero-order valence-electron chi connectivity index (χ0n) is 16.5. The maximum Gasteiger partial charge on any atom is 0.490 e. The zero-order chi connectivity index (χ0) is 25.4. The number of ether oxygens (including phenoxy) is 1. The van der Waals surface area contributed by atoms with Crippen molar-refractivity contribution in [2.45, 2.75) is 44.1 Å². The van der Waals surface area contributed by atoms with Crippen LogP contribution in [0.5, 0.6) is 0 Å². The molecule has 16 nitrogen and oxygen atoms in total. The van der Waals surface area contributed by atoms with Crippen LogP contribution in [0.25, 0.3) is 0 Å². The summed E-state index contributed by atoms with van der Waals surface area (Å²) in [6, 6.07) is 0.847. The summed E-state index contributed by atoms with van der Waals surface area (Å²) in [4.78, 5) is 61.1. The molecule has 1 saturated heterocycles. The molecule has 0 aromatic carbocycles. The molecule has 0 aliphatic carbocycles. The minimum atomic E-state index is -5.83. The first kappa shape index (κ1) is 27.7. The largest absolute Gasteiger partial charge is 0.490 e. The molecule has 186 valence electrons. The van der Waals surface area contributed by atoms with Crippen molar-refractivity contribution in [1.82, 2.24) is 9.55 Å². The topological polar surface area (TPSA) is 244 Å². The number of phosphoric acid groups is 3. The maximum atomic E-state index is 15.6. The summed E-state index contributed by atoms with van der Waals surface area (Å²) in [6.45, 7) is 2.13. The molecule has 1 aromatic rings. The van der Waals surface area contributed by atoms with Crippen LogP contribution in [0.15, 0.2) is 21.9 Å². The molecule has 1 aromatic heterocycles. The number of aliphatic hydroxyl groups is 1. The van der Waals surface area contributed by atoms with Crippen LogP contribution in [0.4, 0.5) is 4.39 Å². The van der Waals surface area contributed by atoms with Gasteiger partial charge in [-0.05, 0) is 13.8 Å². The fourth-order valence-electron chi connectivity index (χ4n) is 2.85. The highest BCUT2D eigenvalue weighted by atomic mass is 31.3. The molecule has 2 heterocycles. The molecule has 2 rings (SSSR count). The summed E-state index contributed by atoms with van der Waals surface area (Å²) < 4.78 is 67.2. The Hall–Kier alpha value is -1.50. The maximum absolute atomic E-state index is 15.6. The van der Waals surface area contributed by atoms with Gasteiger partial charge in [0.1, 0.15) is 12.2 Å². The van der Waals surface area contributed by atoms with Gasteiger partial charge in [-0.2, -0.15) is 8.62 Å². The SMILES string of the molecule is CC#CC1(F)C(O)[C@@H]([C@@H](C)OP(=O)(O)OP(=O)(O)OP(=O)(O)O)O[C@H]1n1ccc(=O)[nH]c1=O. The third-order valence-electron chi connectivity index (χ3n) is 3.99. The lowest BCUT2D eigenvalue weighted by Gasteiger charge is -2.25. The van der Waals surface area contributed by atoms with Crippen molar-refractivity contribution in [2.24, 2.45) is 0 Å². The Balaban J connectivity index is 2.32. The van der Waals surface area contributed by atoms with E-state index >= 15 is 4.39 Å². The van der Waals surface area contributed by atoms with Crippen molar-refractivity contribution in [3.05, 3.63) is 33.1 Å². The van der Waals surface area contributed by atoms with E-state index in [1.807, 2.05) is 10.9 Å². The first-order chi connectivity index (χ1) is 14.9. The molecular weight excluding hydrogens is 520 g/mol. The van der Waals surface area contributed by atoms with Gasteiger partial charge in [0.2, 0.25) is 5.67 Å². The van der Waals surface area contributed by atoms with E-state index in [4.69, 9.17) is 14.5 Å². The number of phosphoric ester groups is 1. The number of hydrogen-bond donors (Lipinski definition) is 6. The molecule has 4 unspecified atom stereocenters. The van der Waals surface area contributed by atoms with E-state index in [2.05, 4.69) is 19.1 Å². The molecule has 0 radical (unpaired) electrons. The standard InChI is InChI=1S/C13H18FN2O14P3/c1-3-5-13(14)10(18)9(27-11(13)16-6-4-8(17)15-12(16)19)7(2)28-32(23,24)30-33(25,26)29-31(20,21)22/h4,6-7,9-11,18H,1-2H3,(H,23,24)(H,25,26)(H,15,17,19)(H2,20,21,22)/t7-,9-,10?,11-,13?/m1/s1. The quantitative estimate of drug-likeness (QED) is 0.176. The molecule has 7 atom stereocenters. The average Bonchev–Trinajstić information content (AvgIpc) is 2.83. The Morgan fingerprint density at radius 2 is 1.82 bits per heavy atom. The molecule has 0 saturated carbocycles. The van der Waals surface area contributed by atoms with E-state index in [0.717, 1.165) is 19.2 Å². The first-order valence-electron chi connectivity index (χ1n) is 8.51. The van der Waals surface area contributed by atoms with Crippen LogP contribution in [0.1, 0.15) is 20.1 Å². The molecular formula is C13H18FN2O14P3. The van der Waals surface area contributed by atoms with Crippen LogP contribution in [0, 0.1) is 11.8 Å². The molecule has 0 bridgehead atoms. The summed E-state index contributed by atoms with van der Waals surface area (Å²) in [5, 5.41) is 10.5. The van der Waals surface area contributed by atoms with Crippen molar-refractivity contribution >= 4 is 23.5 Å². The van der Waals surface area contributed by atoms with Crippen molar-refractivity contribution in [2.75, 3.05) is 0 Å². The van der Waals surface area contributed by atoms with Gasteiger partial charge in [0.15, 0.2) is 6.23 Å². The summed E-state index contributed by atoms with van der Waals surface area (Å²) in [6.07, 6.45) is -7.05. The Morgan fingerprint density at radius 1 is 1.21 bits per heavy atom. The molecule has 33 heavy (non-hydrogen) atoms. The van der Waals surface area contributed by atoms with Gasteiger partial charge in [0, 0.05) is 12.3 Å². The summed E-state index contributed by atoms with van der Waals surface area (Å²) in [7, 11) is -17.1.